The van der Waals surface area contributed by atoms with E-state index < -0.39 is 11.1 Å². The zero-order valence-electron chi connectivity index (χ0n) is 12.5. The minimum absolute atomic E-state index is 0.0234. The third kappa shape index (κ3) is 2.41. The van der Waals surface area contributed by atoms with E-state index in [0.29, 0.717) is 19.4 Å². The Morgan fingerprint density at radius 2 is 1.72 bits per heavy atom. The van der Waals surface area contributed by atoms with Crippen LogP contribution in [0.4, 0.5) is 0 Å². The van der Waals surface area contributed by atoms with Crippen molar-refractivity contribution in [2.24, 2.45) is 0 Å². The van der Waals surface area contributed by atoms with Crippen molar-refractivity contribution < 1.29 is 10.0 Å². The molecule has 0 aliphatic carbocycles. The molecule has 1 saturated heterocycles. The number of unbranched alkanes of at least 4 members (excludes halogenated alkanes) is 1. The lowest BCUT2D eigenvalue weighted by Crippen LogP contribution is -2.71. The molecule has 0 aromatic heterocycles. The van der Waals surface area contributed by atoms with Gasteiger partial charge in [-0.2, -0.15) is 0 Å². The van der Waals surface area contributed by atoms with Gasteiger partial charge < -0.3 is 4.90 Å². The van der Waals surface area contributed by atoms with Gasteiger partial charge in [0.1, 0.15) is 5.54 Å². The summed E-state index contributed by atoms with van der Waals surface area (Å²) in [5.41, 5.74) is -1.34. The fourth-order valence-electron chi connectivity index (χ4n) is 2.93. The molecule has 1 radical (unpaired) electrons. The first-order chi connectivity index (χ1) is 8.35. The van der Waals surface area contributed by atoms with E-state index >= 15 is 0 Å². The fraction of sp³-hybridized carbons (Fsp3) is 0.929. The molecule has 1 fully saturated rings. The van der Waals surface area contributed by atoms with Gasteiger partial charge in [-0.3, -0.25) is 4.79 Å². The van der Waals surface area contributed by atoms with Crippen LogP contribution < -0.4 is 0 Å². The highest BCUT2D eigenvalue weighted by Gasteiger charge is 2.54. The Morgan fingerprint density at radius 3 is 2.17 bits per heavy atom. The number of nitrogens with zero attached hydrogens (tertiary/aromatic N) is 2. The second kappa shape index (κ2) is 5.57. The summed E-state index contributed by atoms with van der Waals surface area (Å²) in [7, 11) is 0. The largest absolute Gasteiger partial charge is 0.339 e. The van der Waals surface area contributed by atoms with Crippen LogP contribution in [0.1, 0.15) is 60.3 Å². The van der Waals surface area contributed by atoms with Crippen molar-refractivity contribution in [2.45, 2.75) is 71.4 Å². The van der Waals surface area contributed by atoms with Crippen LogP contribution in [-0.4, -0.2) is 40.0 Å². The number of hydrogen-bond acceptors (Lipinski definition) is 2. The minimum atomic E-state index is -0.852. The Kier molecular flexibility index (Phi) is 4.78. The molecular weight excluding hydrogens is 228 g/mol. The van der Waals surface area contributed by atoms with Crippen LogP contribution in [0.15, 0.2) is 0 Å². The third-order valence-electron chi connectivity index (χ3n) is 4.15. The van der Waals surface area contributed by atoms with Crippen LogP contribution in [0, 0.1) is 0 Å². The van der Waals surface area contributed by atoms with Crippen molar-refractivity contribution in [3.63, 3.8) is 0 Å². The van der Waals surface area contributed by atoms with Crippen LogP contribution in [-0.2, 0) is 10.0 Å². The molecule has 0 aromatic carbocycles. The van der Waals surface area contributed by atoms with Crippen molar-refractivity contribution in [3.8, 4) is 0 Å². The normalized spacial score (nSPS) is 23.4. The van der Waals surface area contributed by atoms with Gasteiger partial charge in [-0.1, -0.05) is 27.2 Å². The second-order valence-electron chi connectivity index (χ2n) is 5.93. The molecule has 0 saturated carbocycles. The van der Waals surface area contributed by atoms with Gasteiger partial charge in [0.15, 0.2) is 0 Å². The molecule has 1 aliphatic rings. The molecule has 4 nitrogen and oxygen atoms in total. The molecule has 4 heteroatoms. The van der Waals surface area contributed by atoms with Crippen LogP contribution >= 0.6 is 0 Å². The first kappa shape index (κ1) is 15.4. The molecule has 0 N–H and O–H groups in total. The monoisotopic (exact) mass is 255 g/mol. The van der Waals surface area contributed by atoms with E-state index in [1.165, 1.54) is 0 Å². The molecule has 1 aliphatic heterocycles. The van der Waals surface area contributed by atoms with Gasteiger partial charge in [-0.05, 0) is 33.1 Å². The van der Waals surface area contributed by atoms with Gasteiger partial charge in [0, 0.05) is 13.1 Å². The van der Waals surface area contributed by atoms with E-state index in [9.17, 15) is 10.0 Å². The van der Waals surface area contributed by atoms with E-state index in [1.807, 2.05) is 32.6 Å². The zero-order chi connectivity index (χ0) is 14.0. The Bertz CT molecular complexity index is 298. The quantitative estimate of drug-likeness (QED) is 0.758. The highest BCUT2D eigenvalue weighted by Crippen LogP contribution is 2.36. The molecule has 1 amide bonds. The number of piperazine rings is 1. The highest BCUT2D eigenvalue weighted by atomic mass is 16.5. The molecule has 0 bridgehead atoms. The van der Waals surface area contributed by atoms with Gasteiger partial charge in [-0.15, -0.1) is 10.3 Å². The predicted octanol–water partition coefficient (Wildman–Crippen LogP) is 2.61. The number of hydrogen-bond donors (Lipinski definition) is 0. The Balaban J connectivity index is 3.04. The zero-order valence-corrected chi connectivity index (χ0v) is 12.5. The molecular formula is C14H27N2O2. The smallest absolute Gasteiger partial charge is 0.245 e. The molecule has 0 spiro atoms. The number of hydroxylamine groups is 2. The predicted molar refractivity (Wildman–Crippen MR) is 71.4 cm³/mol. The number of carbonyl (C=O) groups excluding carboxylic acids is 1. The maximum atomic E-state index is 12.6. The summed E-state index contributed by atoms with van der Waals surface area (Å²) in [6.45, 7) is 11.2. The Morgan fingerprint density at radius 1 is 1.17 bits per heavy atom. The van der Waals surface area contributed by atoms with E-state index in [2.05, 4.69) is 6.92 Å². The van der Waals surface area contributed by atoms with Gasteiger partial charge in [0.05, 0.1) is 5.54 Å². The maximum Gasteiger partial charge on any atom is 0.245 e. The summed E-state index contributed by atoms with van der Waals surface area (Å²) in [4.78, 5) is 14.5. The summed E-state index contributed by atoms with van der Waals surface area (Å²) in [5.74, 6) is 0.0234. The molecule has 0 atom stereocenters. The Hall–Kier alpha value is -0.610. The van der Waals surface area contributed by atoms with E-state index in [-0.39, 0.29) is 5.91 Å². The van der Waals surface area contributed by atoms with Crippen molar-refractivity contribution in [1.82, 2.24) is 9.96 Å². The highest BCUT2D eigenvalue weighted by molar-refractivity contribution is 5.87. The number of carbonyl (C=O) groups is 1. The summed E-state index contributed by atoms with van der Waals surface area (Å²) in [6, 6.07) is 0. The van der Waals surface area contributed by atoms with Crippen LogP contribution in [0.3, 0.4) is 0 Å². The van der Waals surface area contributed by atoms with E-state index in [0.717, 1.165) is 24.4 Å². The van der Waals surface area contributed by atoms with Crippen LogP contribution in [0.2, 0.25) is 0 Å². The van der Waals surface area contributed by atoms with E-state index in [4.69, 9.17) is 0 Å². The van der Waals surface area contributed by atoms with Gasteiger partial charge in [0.2, 0.25) is 5.91 Å². The Labute approximate surface area is 111 Å². The average molecular weight is 255 g/mol. The van der Waals surface area contributed by atoms with Gasteiger partial charge >= 0.3 is 0 Å². The lowest BCUT2D eigenvalue weighted by Gasteiger charge is -2.52. The molecule has 18 heavy (non-hydrogen) atoms. The first-order valence-electron chi connectivity index (χ1n) is 7.12. The number of rotatable bonds is 5. The van der Waals surface area contributed by atoms with Gasteiger partial charge in [-0.25, -0.2) is 0 Å². The second-order valence-corrected chi connectivity index (χ2v) is 5.93. The topological polar surface area (TPSA) is 43.5 Å². The lowest BCUT2D eigenvalue weighted by atomic mass is 9.82. The van der Waals surface area contributed by atoms with Gasteiger partial charge in [0.25, 0.3) is 0 Å². The maximum absolute atomic E-state index is 12.6. The molecule has 1 rings (SSSR count). The molecule has 1 heterocycles. The molecule has 0 unspecified atom stereocenters. The molecule has 0 aromatic rings. The summed E-state index contributed by atoms with van der Waals surface area (Å²) in [5, 5.41) is 13.6. The fourth-order valence-corrected chi connectivity index (χ4v) is 2.93. The average Bonchev–Trinajstić information content (AvgIpc) is 2.34. The van der Waals surface area contributed by atoms with Crippen molar-refractivity contribution in [2.75, 3.05) is 13.1 Å². The SMILES string of the molecule is CCCCN1CC(C)(C)N([O])C(CC)(CC)C1=O. The summed E-state index contributed by atoms with van der Waals surface area (Å²) < 4.78 is 0. The molecule has 105 valence electrons. The standard InChI is InChI=1S/C14H27N2O2/c1-6-9-10-15-11-13(4,5)16(18)14(7-2,8-3)12(15)17/h6-11H2,1-5H3. The van der Waals surface area contributed by atoms with Crippen LogP contribution in [0.25, 0.3) is 0 Å². The lowest BCUT2D eigenvalue weighted by molar-refractivity contribution is -0.293. The van der Waals surface area contributed by atoms with Crippen LogP contribution in [0.5, 0.6) is 0 Å². The van der Waals surface area contributed by atoms with Crippen molar-refractivity contribution in [3.05, 3.63) is 0 Å². The van der Waals surface area contributed by atoms with Crippen molar-refractivity contribution >= 4 is 5.91 Å². The third-order valence-corrected chi connectivity index (χ3v) is 4.15. The van der Waals surface area contributed by atoms with E-state index in [1.54, 1.807) is 0 Å². The first-order valence-corrected chi connectivity index (χ1v) is 7.12. The minimum Gasteiger partial charge on any atom is -0.339 e. The van der Waals surface area contributed by atoms with Crippen molar-refractivity contribution in [1.29, 1.82) is 0 Å². The summed E-state index contributed by atoms with van der Waals surface area (Å²) >= 11 is 0. The summed E-state index contributed by atoms with van der Waals surface area (Å²) in [6.07, 6.45) is 3.23. The number of amides is 1.